The number of hydrogen-bond acceptors (Lipinski definition) is 10. The smallest absolute Gasteiger partial charge is 0.122 e. The van der Waals surface area contributed by atoms with E-state index in [2.05, 4.69) is 10.6 Å². The van der Waals surface area contributed by atoms with Gasteiger partial charge in [-0.1, -0.05) is 21.6 Å². The van der Waals surface area contributed by atoms with Crippen LogP contribution in [0.5, 0.6) is 23.0 Å². The summed E-state index contributed by atoms with van der Waals surface area (Å²) in [6.45, 7) is 5.98. The maximum absolute atomic E-state index is 5.75. The molecule has 0 saturated carbocycles. The number of nitrogens with one attached hydrogen (secondary N) is 2. The van der Waals surface area contributed by atoms with Crippen molar-refractivity contribution in [1.29, 1.82) is 0 Å². The zero-order valence-corrected chi connectivity index (χ0v) is 23.4. The van der Waals surface area contributed by atoms with E-state index >= 15 is 0 Å². The maximum atomic E-state index is 5.75. The number of methoxy groups -OCH3 is 4. The van der Waals surface area contributed by atoms with Crippen molar-refractivity contribution in [1.82, 2.24) is 10.6 Å². The Bertz CT molecular complexity index is 745. The molecule has 2 N–H and O–H groups in total. The molecular formula is C26H40N2O6S2. The summed E-state index contributed by atoms with van der Waals surface area (Å²) in [5.41, 5.74) is 2.08. The van der Waals surface area contributed by atoms with E-state index in [-0.39, 0.29) is 0 Å². The summed E-state index contributed by atoms with van der Waals surface area (Å²) in [6.07, 6.45) is 0. The third-order valence-electron chi connectivity index (χ3n) is 5.01. The first kappa shape index (κ1) is 30.4. The van der Waals surface area contributed by atoms with Gasteiger partial charge in [-0.15, -0.1) is 0 Å². The molecule has 0 aliphatic rings. The van der Waals surface area contributed by atoms with Gasteiger partial charge in [0.15, 0.2) is 0 Å². The lowest BCUT2D eigenvalue weighted by Crippen LogP contribution is -2.22. The second kappa shape index (κ2) is 19.3. The van der Waals surface area contributed by atoms with Gasteiger partial charge < -0.3 is 39.1 Å². The van der Waals surface area contributed by atoms with Crippen LogP contribution in [0.25, 0.3) is 0 Å². The van der Waals surface area contributed by atoms with Crippen molar-refractivity contribution in [3.63, 3.8) is 0 Å². The third kappa shape index (κ3) is 12.9. The highest BCUT2D eigenvalue weighted by Crippen LogP contribution is 2.24. The molecule has 0 radical (unpaired) electrons. The SMILES string of the molecule is COc1cc(COCCNCCSSCCNCCOCc2cc(OC)cc(OC)c2)cc(OC)c1. The number of benzene rings is 2. The van der Waals surface area contributed by atoms with Crippen molar-refractivity contribution in [3.05, 3.63) is 47.5 Å². The second-order valence-electron chi connectivity index (χ2n) is 7.69. The predicted molar refractivity (Wildman–Crippen MR) is 149 cm³/mol. The Balaban J connectivity index is 1.37. The molecule has 2 rings (SSSR count). The molecule has 0 atom stereocenters. The molecule has 2 aromatic carbocycles. The molecule has 0 heterocycles. The van der Waals surface area contributed by atoms with E-state index in [9.17, 15) is 0 Å². The van der Waals surface area contributed by atoms with Gasteiger partial charge in [0.2, 0.25) is 0 Å². The minimum atomic E-state index is 0.535. The van der Waals surface area contributed by atoms with Gasteiger partial charge >= 0.3 is 0 Å². The Hall–Kier alpha value is -1.82. The molecule has 8 nitrogen and oxygen atoms in total. The zero-order valence-electron chi connectivity index (χ0n) is 21.8. The van der Waals surface area contributed by atoms with Crippen LogP contribution in [0.1, 0.15) is 11.1 Å². The van der Waals surface area contributed by atoms with E-state index in [1.807, 2.05) is 58.0 Å². The second-order valence-corrected chi connectivity index (χ2v) is 10.4. The van der Waals surface area contributed by atoms with Crippen LogP contribution in [0.2, 0.25) is 0 Å². The molecule has 2 aromatic rings. The van der Waals surface area contributed by atoms with E-state index in [1.54, 1.807) is 28.4 Å². The molecule has 10 heteroatoms. The topological polar surface area (TPSA) is 79.4 Å². The molecule has 0 unspecified atom stereocenters. The summed E-state index contributed by atoms with van der Waals surface area (Å²) in [4.78, 5) is 0. The lowest BCUT2D eigenvalue weighted by atomic mass is 10.2. The third-order valence-corrected chi connectivity index (χ3v) is 7.42. The van der Waals surface area contributed by atoms with E-state index in [0.717, 1.165) is 71.8 Å². The summed E-state index contributed by atoms with van der Waals surface area (Å²) < 4.78 is 32.6. The van der Waals surface area contributed by atoms with E-state index in [4.69, 9.17) is 28.4 Å². The minimum absolute atomic E-state index is 0.535. The van der Waals surface area contributed by atoms with Crippen LogP contribution in [0.4, 0.5) is 0 Å². The summed E-state index contributed by atoms with van der Waals surface area (Å²) in [5.74, 6) is 5.21. The van der Waals surface area contributed by atoms with Gasteiger partial charge in [0.1, 0.15) is 23.0 Å². The molecule has 0 saturated heterocycles. The molecule has 202 valence electrons. The minimum Gasteiger partial charge on any atom is -0.497 e. The fourth-order valence-corrected chi connectivity index (χ4v) is 5.06. The highest BCUT2D eigenvalue weighted by atomic mass is 33.1. The summed E-state index contributed by atoms with van der Waals surface area (Å²) in [5, 5.41) is 6.83. The molecule has 36 heavy (non-hydrogen) atoms. The predicted octanol–water partition coefficient (Wildman–Crippen LogP) is 4.02. The van der Waals surface area contributed by atoms with Gasteiger partial charge in [0.25, 0.3) is 0 Å². The fraction of sp³-hybridized carbons (Fsp3) is 0.538. The van der Waals surface area contributed by atoms with Crippen molar-refractivity contribution in [2.45, 2.75) is 13.2 Å². The lowest BCUT2D eigenvalue weighted by molar-refractivity contribution is 0.123. The standard InChI is InChI=1S/C26H40N2O6S2/c1-29-23-13-21(14-24(17-23)30-2)19-33-9-5-27-7-11-35-36-12-8-28-6-10-34-20-22-15-25(31-3)18-26(16-22)32-4/h13-18,27-28H,5-12,19-20H2,1-4H3. The molecule has 0 aromatic heterocycles. The number of ether oxygens (including phenoxy) is 6. The van der Waals surface area contributed by atoms with Gasteiger partial charge in [0, 0.05) is 49.8 Å². The average Bonchev–Trinajstić information content (AvgIpc) is 2.92. The van der Waals surface area contributed by atoms with Gasteiger partial charge in [-0.05, 0) is 35.4 Å². The van der Waals surface area contributed by atoms with E-state index < -0.39 is 0 Å². The maximum Gasteiger partial charge on any atom is 0.122 e. The lowest BCUT2D eigenvalue weighted by Gasteiger charge is -2.10. The van der Waals surface area contributed by atoms with Crippen LogP contribution in [0.15, 0.2) is 36.4 Å². The quantitative estimate of drug-likeness (QED) is 0.179. The Morgan fingerprint density at radius 3 is 1.22 bits per heavy atom. The molecule has 0 spiro atoms. The first-order valence-electron chi connectivity index (χ1n) is 11.9. The van der Waals surface area contributed by atoms with Crippen molar-refractivity contribution in [2.24, 2.45) is 0 Å². The first-order valence-corrected chi connectivity index (χ1v) is 14.4. The summed E-state index contributed by atoms with van der Waals surface area (Å²) in [7, 11) is 10.4. The normalized spacial score (nSPS) is 10.9. The first-order chi connectivity index (χ1) is 17.7. The Labute approximate surface area is 223 Å². The van der Waals surface area contributed by atoms with Crippen LogP contribution < -0.4 is 29.6 Å². The number of hydrogen-bond donors (Lipinski definition) is 2. The van der Waals surface area contributed by atoms with Gasteiger partial charge in [0.05, 0.1) is 54.9 Å². The molecule has 0 bridgehead atoms. The van der Waals surface area contributed by atoms with Crippen LogP contribution in [0, 0.1) is 0 Å². The van der Waals surface area contributed by atoms with Gasteiger partial charge in [-0.3, -0.25) is 0 Å². The van der Waals surface area contributed by atoms with Gasteiger partial charge in [-0.25, -0.2) is 0 Å². The van der Waals surface area contributed by atoms with Crippen molar-refractivity contribution < 1.29 is 28.4 Å². The Kier molecular flexibility index (Phi) is 16.3. The van der Waals surface area contributed by atoms with Crippen LogP contribution in [-0.4, -0.2) is 79.3 Å². The Morgan fingerprint density at radius 2 is 0.889 bits per heavy atom. The van der Waals surface area contributed by atoms with Crippen molar-refractivity contribution in [3.8, 4) is 23.0 Å². The molecule has 0 aliphatic heterocycles. The molecule has 0 amide bonds. The van der Waals surface area contributed by atoms with Crippen LogP contribution >= 0.6 is 21.6 Å². The zero-order chi connectivity index (χ0) is 25.8. The van der Waals surface area contributed by atoms with Crippen LogP contribution in [0.3, 0.4) is 0 Å². The van der Waals surface area contributed by atoms with Crippen molar-refractivity contribution in [2.75, 3.05) is 79.3 Å². The summed E-state index contributed by atoms with van der Waals surface area (Å²) in [6, 6.07) is 11.6. The van der Waals surface area contributed by atoms with E-state index in [0.29, 0.717) is 26.4 Å². The molecular weight excluding hydrogens is 500 g/mol. The Morgan fingerprint density at radius 1 is 0.528 bits per heavy atom. The fourth-order valence-electron chi connectivity index (χ4n) is 3.16. The highest BCUT2D eigenvalue weighted by Gasteiger charge is 2.03. The molecule has 0 fully saturated rings. The highest BCUT2D eigenvalue weighted by molar-refractivity contribution is 8.76. The van der Waals surface area contributed by atoms with Crippen LogP contribution in [-0.2, 0) is 22.7 Å². The monoisotopic (exact) mass is 540 g/mol. The molecule has 0 aliphatic carbocycles. The van der Waals surface area contributed by atoms with Crippen molar-refractivity contribution >= 4 is 21.6 Å². The largest absolute Gasteiger partial charge is 0.497 e. The average molecular weight is 541 g/mol. The van der Waals surface area contributed by atoms with Gasteiger partial charge in [-0.2, -0.15) is 0 Å². The van der Waals surface area contributed by atoms with E-state index in [1.165, 1.54) is 0 Å². The number of rotatable bonds is 21. The summed E-state index contributed by atoms with van der Waals surface area (Å²) >= 11 is 0.